The number of ether oxygens (including phenoxy) is 2. The largest absolute Gasteiger partial charge is 0.416 e. The van der Waals surface area contributed by atoms with Crippen molar-refractivity contribution in [2.75, 3.05) is 20.0 Å². The van der Waals surface area contributed by atoms with Gasteiger partial charge in [0.2, 0.25) is 0 Å². The van der Waals surface area contributed by atoms with Crippen molar-refractivity contribution in [2.45, 2.75) is 17.4 Å². The molecule has 0 amide bonds. The predicted octanol–water partition coefficient (Wildman–Crippen LogP) is 2.10. The van der Waals surface area contributed by atoms with Crippen molar-refractivity contribution in [2.24, 2.45) is 0 Å². The lowest BCUT2D eigenvalue weighted by Gasteiger charge is -2.14. The first-order valence-corrected chi connectivity index (χ1v) is 6.81. The van der Waals surface area contributed by atoms with Crippen LogP contribution in [-0.4, -0.2) is 34.7 Å². The van der Waals surface area contributed by atoms with Gasteiger partial charge in [0.1, 0.15) is 5.75 Å². The van der Waals surface area contributed by atoms with E-state index in [1.165, 1.54) is 14.2 Å². The van der Waals surface area contributed by atoms with Gasteiger partial charge in [-0.25, -0.2) is 8.42 Å². The van der Waals surface area contributed by atoms with E-state index in [1.807, 2.05) is 0 Å². The number of rotatable bonds is 5. The number of methoxy groups -OCH3 is 2. The molecule has 0 aliphatic rings. The Labute approximate surface area is 109 Å². The third-order valence-electron chi connectivity index (χ3n) is 2.40. The fourth-order valence-electron chi connectivity index (χ4n) is 1.37. The maximum atomic E-state index is 12.5. The lowest BCUT2D eigenvalue weighted by Crippen LogP contribution is -2.25. The Morgan fingerprint density at radius 3 is 2.26 bits per heavy atom. The summed E-state index contributed by atoms with van der Waals surface area (Å²) in [6, 6.07) is 3.55. The van der Waals surface area contributed by atoms with E-state index in [2.05, 4.69) is 0 Å². The zero-order chi connectivity index (χ0) is 14.7. The Morgan fingerprint density at radius 2 is 1.79 bits per heavy atom. The van der Waals surface area contributed by atoms with E-state index in [0.717, 1.165) is 18.2 Å². The van der Waals surface area contributed by atoms with Crippen LogP contribution >= 0.6 is 0 Å². The smallest absolute Gasteiger partial charge is 0.355 e. The highest BCUT2D eigenvalue weighted by Crippen LogP contribution is 2.30. The standard InChI is InChI=1S/C11H13F3O4S/c1-17-10(18-2)7-19(15,16)9-5-3-4-8(6-9)11(12,13)14/h3-6,10H,7H2,1-2H3. The van der Waals surface area contributed by atoms with E-state index in [1.54, 1.807) is 0 Å². The molecule has 19 heavy (non-hydrogen) atoms. The van der Waals surface area contributed by atoms with Gasteiger partial charge in [0.15, 0.2) is 16.1 Å². The summed E-state index contributed by atoms with van der Waals surface area (Å²) in [6.07, 6.45) is -5.62. The van der Waals surface area contributed by atoms with E-state index >= 15 is 0 Å². The van der Waals surface area contributed by atoms with Crippen LogP contribution in [0, 0.1) is 0 Å². The molecule has 1 rings (SSSR count). The van der Waals surface area contributed by atoms with Gasteiger partial charge in [-0.3, -0.25) is 0 Å². The molecular formula is C11H13F3O4S. The summed E-state index contributed by atoms with van der Waals surface area (Å²) in [5.74, 6) is -0.554. The summed E-state index contributed by atoms with van der Waals surface area (Å²) in [5, 5.41) is 0. The number of sulfone groups is 1. The van der Waals surface area contributed by atoms with Crippen LogP contribution in [0.2, 0.25) is 0 Å². The van der Waals surface area contributed by atoms with Crippen LogP contribution in [0.1, 0.15) is 5.56 Å². The van der Waals surface area contributed by atoms with Crippen LogP contribution in [0.15, 0.2) is 29.2 Å². The van der Waals surface area contributed by atoms with Crippen molar-refractivity contribution in [1.82, 2.24) is 0 Å². The van der Waals surface area contributed by atoms with Crippen LogP contribution in [0.5, 0.6) is 0 Å². The minimum Gasteiger partial charge on any atom is -0.355 e. The molecule has 0 aliphatic heterocycles. The monoisotopic (exact) mass is 298 g/mol. The first-order chi connectivity index (χ1) is 8.70. The highest BCUT2D eigenvalue weighted by Gasteiger charge is 2.32. The zero-order valence-corrected chi connectivity index (χ0v) is 11.1. The zero-order valence-electron chi connectivity index (χ0n) is 10.3. The maximum absolute atomic E-state index is 12.5. The molecule has 1 aromatic carbocycles. The number of hydrogen-bond donors (Lipinski definition) is 0. The Balaban J connectivity index is 3.09. The third kappa shape index (κ3) is 4.19. The summed E-state index contributed by atoms with van der Waals surface area (Å²) in [7, 11) is -1.42. The Bertz CT molecular complexity index is 521. The van der Waals surface area contributed by atoms with Crippen LogP contribution < -0.4 is 0 Å². The topological polar surface area (TPSA) is 52.6 Å². The Hall–Kier alpha value is -1.12. The van der Waals surface area contributed by atoms with E-state index < -0.39 is 38.5 Å². The molecule has 0 atom stereocenters. The van der Waals surface area contributed by atoms with Crippen LogP contribution in [-0.2, 0) is 25.5 Å². The highest BCUT2D eigenvalue weighted by molar-refractivity contribution is 7.91. The molecule has 0 unspecified atom stereocenters. The van der Waals surface area contributed by atoms with Gasteiger partial charge in [-0.1, -0.05) is 6.07 Å². The molecular weight excluding hydrogens is 285 g/mol. The van der Waals surface area contributed by atoms with Crippen molar-refractivity contribution in [3.8, 4) is 0 Å². The molecule has 0 bridgehead atoms. The molecule has 0 heterocycles. The van der Waals surface area contributed by atoms with Gasteiger partial charge in [-0.05, 0) is 18.2 Å². The summed E-state index contributed by atoms with van der Waals surface area (Å²) in [5.41, 5.74) is -1.01. The van der Waals surface area contributed by atoms with Gasteiger partial charge in [0.05, 0.1) is 10.5 Å². The van der Waals surface area contributed by atoms with E-state index in [0.29, 0.717) is 6.07 Å². The molecule has 0 saturated carbocycles. The second-order valence-corrected chi connectivity index (χ2v) is 5.74. The summed E-state index contributed by atoms with van der Waals surface area (Å²) in [4.78, 5) is -0.415. The number of alkyl halides is 3. The quantitative estimate of drug-likeness (QED) is 0.781. The lowest BCUT2D eigenvalue weighted by molar-refractivity contribution is -0.137. The number of benzene rings is 1. The number of hydrogen-bond acceptors (Lipinski definition) is 4. The highest BCUT2D eigenvalue weighted by atomic mass is 32.2. The van der Waals surface area contributed by atoms with Crippen molar-refractivity contribution in [1.29, 1.82) is 0 Å². The predicted molar refractivity (Wildman–Crippen MR) is 61.3 cm³/mol. The van der Waals surface area contributed by atoms with E-state index in [-0.39, 0.29) is 0 Å². The molecule has 0 spiro atoms. The molecule has 1 aromatic rings. The Morgan fingerprint density at radius 1 is 1.21 bits per heavy atom. The molecule has 0 fully saturated rings. The molecule has 8 heteroatoms. The number of halogens is 3. The fourth-order valence-corrected chi connectivity index (χ4v) is 2.79. The van der Waals surface area contributed by atoms with Gasteiger partial charge in [0.25, 0.3) is 0 Å². The second-order valence-electron chi connectivity index (χ2n) is 3.71. The molecule has 0 aliphatic carbocycles. The van der Waals surface area contributed by atoms with Gasteiger partial charge in [-0.2, -0.15) is 13.2 Å². The van der Waals surface area contributed by atoms with Gasteiger partial charge in [-0.15, -0.1) is 0 Å². The van der Waals surface area contributed by atoms with Crippen LogP contribution in [0.4, 0.5) is 13.2 Å². The molecule has 0 N–H and O–H groups in total. The van der Waals surface area contributed by atoms with Crippen molar-refractivity contribution < 1.29 is 31.1 Å². The molecule has 108 valence electrons. The minimum atomic E-state index is -4.59. The molecule has 0 radical (unpaired) electrons. The van der Waals surface area contributed by atoms with Gasteiger partial charge < -0.3 is 9.47 Å². The summed E-state index contributed by atoms with van der Waals surface area (Å²) in [6.45, 7) is 0. The summed E-state index contributed by atoms with van der Waals surface area (Å²) < 4.78 is 70.8. The SMILES string of the molecule is COC(CS(=O)(=O)c1cccc(C(F)(F)F)c1)OC. The minimum absolute atomic E-state index is 0.415. The average molecular weight is 298 g/mol. The van der Waals surface area contributed by atoms with Crippen LogP contribution in [0.25, 0.3) is 0 Å². The van der Waals surface area contributed by atoms with Gasteiger partial charge in [0, 0.05) is 14.2 Å². The van der Waals surface area contributed by atoms with Crippen molar-refractivity contribution >= 4 is 9.84 Å². The Kier molecular flexibility index (Phi) is 4.94. The lowest BCUT2D eigenvalue weighted by atomic mass is 10.2. The normalized spacial score (nSPS) is 12.9. The first kappa shape index (κ1) is 15.9. The molecule has 4 nitrogen and oxygen atoms in total. The first-order valence-electron chi connectivity index (χ1n) is 5.16. The van der Waals surface area contributed by atoms with E-state index in [4.69, 9.17) is 9.47 Å². The fraction of sp³-hybridized carbons (Fsp3) is 0.455. The third-order valence-corrected chi connectivity index (χ3v) is 4.08. The average Bonchev–Trinajstić information content (AvgIpc) is 2.35. The molecule has 0 saturated heterocycles. The van der Waals surface area contributed by atoms with Crippen molar-refractivity contribution in [3.63, 3.8) is 0 Å². The second kappa shape index (κ2) is 5.89. The van der Waals surface area contributed by atoms with E-state index in [9.17, 15) is 21.6 Å². The van der Waals surface area contributed by atoms with Gasteiger partial charge >= 0.3 is 6.18 Å². The maximum Gasteiger partial charge on any atom is 0.416 e. The van der Waals surface area contributed by atoms with Crippen LogP contribution in [0.3, 0.4) is 0 Å². The summed E-state index contributed by atoms with van der Waals surface area (Å²) >= 11 is 0. The molecule has 0 aromatic heterocycles. The van der Waals surface area contributed by atoms with Crippen molar-refractivity contribution in [3.05, 3.63) is 29.8 Å².